The monoisotopic (exact) mass is 527 g/mol. The van der Waals surface area contributed by atoms with Crippen molar-refractivity contribution in [2.45, 2.75) is 6.54 Å². The lowest BCUT2D eigenvalue weighted by molar-refractivity contribution is -0.111. The molecule has 0 bridgehead atoms. The van der Waals surface area contributed by atoms with Crippen LogP contribution in [0.3, 0.4) is 0 Å². The number of hydrogen-bond acceptors (Lipinski definition) is 7. The first-order chi connectivity index (χ1) is 17.4. The highest BCUT2D eigenvalue weighted by molar-refractivity contribution is 6.42. The van der Waals surface area contributed by atoms with Crippen molar-refractivity contribution in [2.75, 3.05) is 22.6 Å². The highest BCUT2D eigenvalue weighted by atomic mass is 35.5. The van der Waals surface area contributed by atoms with Crippen LogP contribution >= 0.6 is 23.2 Å². The molecule has 0 spiro atoms. The molecule has 9 nitrogen and oxygen atoms in total. The summed E-state index contributed by atoms with van der Waals surface area (Å²) in [4.78, 5) is 20.6. The van der Waals surface area contributed by atoms with Crippen LogP contribution in [0.25, 0.3) is 11.1 Å². The molecule has 184 valence electrons. The topological polar surface area (TPSA) is 117 Å². The van der Waals surface area contributed by atoms with Gasteiger partial charge in [-0.25, -0.2) is 9.37 Å². The first kappa shape index (κ1) is 25.1. The lowest BCUT2D eigenvalue weighted by Gasteiger charge is -2.15. The molecule has 2 aromatic heterocycles. The number of aliphatic hydroxyl groups excluding tert-OH is 1. The molecule has 12 heteroatoms. The lowest BCUT2D eigenvalue weighted by atomic mass is 10.1. The second-order valence-corrected chi connectivity index (χ2v) is 8.25. The Balaban J connectivity index is 1.72. The number of halogens is 3. The molecule has 0 fully saturated rings. The van der Waals surface area contributed by atoms with Crippen LogP contribution in [0.1, 0.15) is 0 Å². The third kappa shape index (κ3) is 5.98. The number of aliphatic hydroxyl groups is 1. The zero-order valence-corrected chi connectivity index (χ0v) is 20.2. The number of carbonyl (C=O) groups excluding carboxylic acids is 1. The molecule has 0 radical (unpaired) electrons. The number of amides is 1. The van der Waals surface area contributed by atoms with Crippen LogP contribution in [0.4, 0.5) is 33.2 Å². The molecule has 0 aliphatic rings. The third-order valence-corrected chi connectivity index (χ3v) is 5.65. The van der Waals surface area contributed by atoms with Gasteiger partial charge < -0.3 is 21.1 Å². The highest BCUT2D eigenvalue weighted by Crippen LogP contribution is 2.34. The summed E-state index contributed by atoms with van der Waals surface area (Å²) in [5, 5.41) is 22.5. The number of carbonyl (C=O) groups is 1. The zero-order valence-electron chi connectivity index (χ0n) is 18.7. The van der Waals surface area contributed by atoms with Crippen molar-refractivity contribution in [3.63, 3.8) is 0 Å². The van der Waals surface area contributed by atoms with Crippen LogP contribution in [0.5, 0.6) is 0 Å². The maximum atomic E-state index is 14.7. The number of hydrogen-bond donors (Lipinski definition) is 4. The van der Waals surface area contributed by atoms with Crippen molar-refractivity contribution in [1.29, 1.82) is 0 Å². The molecule has 4 aromatic rings. The first-order valence-corrected chi connectivity index (χ1v) is 11.3. The van der Waals surface area contributed by atoms with Gasteiger partial charge in [-0.2, -0.15) is 10.1 Å². The molecule has 0 aliphatic heterocycles. The van der Waals surface area contributed by atoms with Gasteiger partial charge in [-0.1, -0.05) is 35.8 Å². The number of rotatable bonds is 9. The summed E-state index contributed by atoms with van der Waals surface area (Å²) in [5.41, 5.74) is 2.19. The standard InChI is InChI=1S/C24H20Cl2FN7O2/c1-2-22(36)30-15-4-6-20(27)21(10-15)32-23-17(14-3-5-18(25)19(26)9-14)12-28-24(33-23)31-16-11-29-34(13-16)7-8-35/h2-6,9-13,35H,1,7-8H2,(H,30,36)(H2,28,31,32,33). The molecule has 0 unspecified atom stereocenters. The second kappa shape index (κ2) is 11.2. The molecule has 0 saturated heterocycles. The van der Waals surface area contributed by atoms with Crippen LogP contribution in [0.15, 0.2) is 67.6 Å². The number of nitrogens with one attached hydrogen (secondary N) is 3. The molecule has 1 amide bonds. The van der Waals surface area contributed by atoms with Crippen molar-refractivity contribution >= 4 is 57.9 Å². The minimum absolute atomic E-state index is 0.0537. The van der Waals surface area contributed by atoms with Gasteiger partial charge >= 0.3 is 0 Å². The van der Waals surface area contributed by atoms with Crippen LogP contribution in [0.2, 0.25) is 10.0 Å². The molecule has 0 saturated carbocycles. The van der Waals surface area contributed by atoms with E-state index >= 15 is 0 Å². The smallest absolute Gasteiger partial charge is 0.247 e. The van der Waals surface area contributed by atoms with Gasteiger partial charge in [-0.3, -0.25) is 9.48 Å². The molecule has 0 aliphatic carbocycles. The van der Waals surface area contributed by atoms with Crippen molar-refractivity contribution in [3.8, 4) is 11.1 Å². The average molecular weight is 528 g/mol. The quantitative estimate of drug-likeness (QED) is 0.215. The van der Waals surface area contributed by atoms with E-state index in [1.807, 2.05) is 0 Å². The summed E-state index contributed by atoms with van der Waals surface area (Å²) in [7, 11) is 0. The molecule has 36 heavy (non-hydrogen) atoms. The Morgan fingerprint density at radius 1 is 1.11 bits per heavy atom. The van der Waals surface area contributed by atoms with Gasteiger partial charge in [0.25, 0.3) is 0 Å². The minimum Gasteiger partial charge on any atom is -0.394 e. The summed E-state index contributed by atoms with van der Waals surface area (Å²) in [6.45, 7) is 3.70. The summed E-state index contributed by atoms with van der Waals surface area (Å²) in [6.07, 6.45) is 5.91. The predicted molar refractivity (Wildman–Crippen MR) is 139 cm³/mol. The van der Waals surface area contributed by atoms with Gasteiger partial charge in [-0.15, -0.1) is 0 Å². The molecule has 4 N–H and O–H groups in total. The largest absolute Gasteiger partial charge is 0.394 e. The molecule has 2 aromatic carbocycles. The van der Waals surface area contributed by atoms with Crippen molar-refractivity contribution in [3.05, 3.63) is 83.5 Å². The fraction of sp³-hybridized carbons (Fsp3) is 0.0833. The normalized spacial score (nSPS) is 10.7. The summed E-state index contributed by atoms with van der Waals surface area (Å²) in [5.74, 6) is -0.523. The molecule has 4 rings (SSSR count). The highest BCUT2D eigenvalue weighted by Gasteiger charge is 2.15. The van der Waals surface area contributed by atoms with Gasteiger partial charge in [0.2, 0.25) is 11.9 Å². The lowest BCUT2D eigenvalue weighted by Crippen LogP contribution is -2.08. The van der Waals surface area contributed by atoms with E-state index in [0.29, 0.717) is 39.1 Å². The average Bonchev–Trinajstić information content (AvgIpc) is 3.30. The van der Waals surface area contributed by atoms with E-state index in [1.165, 1.54) is 18.2 Å². The van der Waals surface area contributed by atoms with Crippen LogP contribution in [-0.2, 0) is 11.3 Å². The van der Waals surface area contributed by atoms with E-state index in [4.69, 9.17) is 28.3 Å². The van der Waals surface area contributed by atoms with Gasteiger partial charge in [-0.05, 0) is 42.0 Å². The molecule has 0 atom stereocenters. The Hall–Kier alpha value is -3.99. The fourth-order valence-corrected chi connectivity index (χ4v) is 3.51. The second-order valence-electron chi connectivity index (χ2n) is 7.44. The fourth-order valence-electron chi connectivity index (χ4n) is 3.21. The summed E-state index contributed by atoms with van der Waals surface area (Å²) in [6, 6.07) is 9.10. The first-order valence-electron chi connectivity index (χ1n) is 10.6. The SMILES string of the molecule is C=CC(=O)Nc1ccc(F)c(Nc2nc(Nc3cnn(CCO)c3)ncc2-c2ccc(Cl)c(Cl)c2)c1. The Morgan fingerprint density at radius 2 is 1.94 bits per heavy atom. The zero-order chi connectivity index (χ0) is 25.7. The Kier molecular flexibility index (Phi) is 7.79. The maximum absolute atomic E-state index is 14.7. The number of benzene rings is 2. The van der Waals surface area contributed by atoms with Crippen LogP contribution in [0, 0.1) is 5.82 Å². The number of nitrogens with zero attached hydrogens (tertiary/aromatic N) is 4. The van der Waals surface area contributed by atoms with Gasteiger partial charge in [0, 0.05) is 23.6 Å². The van der Waals surface area contributed by atoms with Crippen molar-refractivity contribution < 1.29 is 14.3 Å². The summed E-state index contributed by atoms with van der Waals surface area (Å²) < 4.78 is 16.3. The molecule has 2 heterocycles. The third-order valence-electron chi connectivity index (χ3n) is 4.91. The Morgan fingerprint density at radius 3 is 2.69 bits per heavy atom. The van der Waals surface area contributed by atoms with E-state index in [0.717, 1.165) is 6.08 Å². The number of aromatic nitrogens is 4. The van der Waals surface area contributed by atoms with E-state index < -0.39 is 11.7 Å². The van der Waals surface area contributed by atoms with Gasteiger partial charge in [0.1, 0.15) is 11.6 Å². The van der Waals surface area contributed by atoms with Crippen molar-refractivity contribution in [1.82, 2.24) is 19.7 Å². The maximum Gasteiger partial charge on any atom is 0.247 e. The van der Waals surface area contributed by atoms with Crippen molar-refractivity contribution in [2.24, 2.45) is 0 Å². The number of anilines is 5. The van der Waals surface area contributed by atoms with E-state index in [1.54, 1.807) is 41.5 Å². The van der Waals surface area contributed by atoms with E-state index in [2.05, 4.69) is 37.6 Å². The van der Waals surface area contributed by atoms with E-state index in [-0.39, 0.29) is 24.1 Å². The summed E-state index contributed by atoms with van der Waals surface area (Å²) >= 11 is 12.3. The molecular formula is C24H20Cl2FN7O2. The minimum atomic E-state index is -0.565. The Labute approximate surface area is 215 Å². The van der Waals surface area contributed by atoms with Gasteiger partial charge in [0.15, 0.2) is 0 Å². The Bertz CT molecular complexity index is 1430. The molecular weight excluding hydrogens is 508 g/mol. The van der Waals surface area contributed by atoms with Crippen LogP contribution < -0.4 is 16.0 Å². The van der Waals surface area contributed by atoms with E-state index in [9.17, 15) is 9.18 Å². The predicted octanol–water partition coefficient (Wildman–Crippen LogP) is 5.39. The van der Waals surface area contributed by atoms with Gasteiger partial charge in [0.05, 0.1) is 40.8 Å². The van der Waals surface area contributed by atoms with Crippen LogP contribution in [-0.4, -0.2) is 37.4 Å².